The molecule has 0 saturated heterocycles. The van der Waals surface area contributed by atoms with Gasteiger partial charge in [-0.25, -0.2) is 19.3 Å². The van der Waals surface area contributed by atoms with Crippen molar-refractivity contribution in [2.45, 2.75) is 32.9 Å². The Morgan fingerprint density at radius 1 is 1.21 bits per heavy atom. The van der Waals surface area contributed by atoms with Crippen molar-refractivity contribution in [2.24, 2.45) is 0 Å². The first kappa shape index (κ1) is 22.2. The molecule has 4 rings (SSSR count). The molecular formula is C23H26N8O2. The molecule has 3 aromatic heterocycles. The fraction of sp³-hybridized carbons (Fsp3) is 0.261. The quantitative estimate of drug-likeness (QED) is 0.321. The molecule has 0 atom stereocenters. The van der Waals surface area contributed by atoms with E-state index in [2.05, 4.69) is 25.6 Å². The van der Waals surface area contributed by atoms with Crippen molar-refractivity contribution in [3.05, 3.63) is 64.2 Å². The van der Waals surface area contributed by atoms with Crippen LogP contribution < -0.4 is 16.2 Å². The summed E-state index contributed by atoms with van der Waals surface area (Å²) in [6.07, 6.45) is 2.76. The fourth-order valence-corrected chi connectivity index (χ4v) is 3.61. The molecule has 4 aromatic rings. The number of pyridine rings is 1. The van der Waals surface area contributed by atoms with Crippen LogP contribution in [0.15, 0.2) is 47.4 Å². The molecule has 170 valence electrons. The molecule has 0 bridgehead atoms. The molecule has 10 nitrogen and oxygen atoms in total. The van der Waals surface area contributed by atoms with Crippen LogP contribution in [-0.4, -0.2) is 42.7 Å². The number of hydrogen-bond donors (Lipinski definition) is 4. The predicted octanol–water partition coefficient (Wildman–Crippen LogP) is 3.01. The van der Waals surface area contributed by atoms with Gasteiger partial charge in [-0.3, -0.25) is 4.79 Å². The molecule has 0 saturated carbocycles. The number of anilines is 3. The maximum absolute atomic E-state index is 13.0. The Morgan fingerprint density at radius 3 is 2.67 bits per heavy atom. The van der Waals surface area contributed by atoms with Gasteiger partial charge in [-0.2, -0.15) is 4.98 Å². The highest BCUT2D eigenvalue weighted by Crippen LogP contribution is 2.23. The minimum absolute atomic E-state index is 0.223. The van der Waals surface area contributed by atoms with Gasteiger partial charge in [0.25, 0.3) is 5.56 Å². The predicted molar refractivity (Wildman–Crippen MR) is 129 cm³/mol. The standard InChI is InChI=1S/C23H26N8O2/c1-5-30-21(32)16-13-26-22(27-15-9-10-17(25-4)14(11-15)12-24)29-20(16)31(30)19-8-6-7-18(28-19)23(2,3)33/h6-13,24-25,33H,5H2,1-4H3,(H,26,27,29). The number of hydrogen-bond acceptors (Lipinski definition) is 8. The number of rotatable bonds is 7. The number of benzene rings is 1. The van der Waals surface area contributed by atoms with E-state index in [9.17, 15) is 9.90 Å². The van der Waals surface area contributed by atoms with Crippen molar-refractivity contribution >= 4 is 34.6 Å². The Bertz CT molecular complexity index is 1400. The molecule has 1 aromatic carbocycles. The average Bonchev–Trinajstić information content (AvgIpc) is 3.09. The molecule has 0 aliphatic carbocycles. The van der Waals surface area contributed by atoms with Gasteiger partial charge in [0, 0.05) is 42.9 Å². The molecule has 0 spiro atoms. The van der Waals surface area contributed by atoms with Gasteiger partial charge in [0.15, 0.2) is 11.5 Å². The summed E-state index contributed by atoms with van der Waals surface area (Å²) in [6, 6.07) is 10.8. The molecule has 33 heavy (non-hydrogen) atoms. The van der Waals surface area contributed by atoms with Gasteiger partial charge in [0.05, 0.1) is 5.69 Å². The minimum atomic E-state index is -1.13. The number of nitrogens with zero attached hydrogens (tertiary/aromatic N) is 5. The normalized spacial score (nSPS) is 11.5. The Morgan fingerprint density at radius 2 is 2.00 bits per heavy atom. The summed E-state index contributed by atoms with van der Waals surface area (Å²) in [7, 11) is 1.80. The van der Waals surface area contributed by atoms with Crippen LogP contribution in [0.4, 0.5) is 17.3 Å². The van der Waals surface area contributed by atoms with E-state index in [-0.39, 0.29) is 5.56 Å². The lowest BCUT2D eigenvalue weighted by Crippen LogP contribution is -2.23. The lowest BCUT2D eigenvalue weighted by atomic mass is 10.1. The van der Waals surface area contributed by atoms with E-state index in [1.165, 1.54) is 17.1 Å². The van der Waals surface area contributed by atoms with E-state index in [0.29, 0.717) is 46.3 Å². The zero-order chi connectivity index (χ0) is 23.8. The Kier molecular flexibility index (Phi) is 5.69. The van der Waals surface area contributed by atoms with E-state index < -0.39 is 5.60 Å². The molecule has 3 heterocycles. The van der Waals surface area contributed by atoms with Crippen LogP contribution in [0.3, 0.4) is 0 Å². The van der Waals surface area contributed by atoms with Crippen LogP contribution in [-0.2, 0) is 12.1 Å². The van der Waals surface area contributed by atoms with Gasteiger partial charge in [-0.1, -0.05) is 6.07 Å². The van der Waals surface area contributed by atoms with Crippen molar-refractivity contribution in [1.82, 2.24) is 24.3 Å². The Hall–Kier alpha value is -4.05. The third kappa shape index (κ3) is 4.08. The summed E-state index contributed by atoms with van der Waals surface area (Å²) in [5.74, 6) is 0.772. The maximum Gasteiger partial charge on any atom is 0.278 e. The second kappa shape index (κ2) is 8.47. The van der Waals surface area contributed by atoms with E-state index in [1.54, 1.807) is 43.8 Å². The zero-order valence-electron chi connectivity index (χ0n) is 18.9. The van der Waals surface area contributed by atoms with Crippen molar-refractivity contribution in [2.75, 3.05) is 17.7 Å². The van der Waals surface area contributed by atoms with Crippen LogP contribution >= 0.6 is 0 Å². The summed E-state index contributed by atoms with van der Waals surface area (Å²) in [6.45, 7) is 5.59. The Labute approximate surface area is 190 Å². The monoisotopic (exact) mass is 446 g/mol. The number of aromatic nitrogens is 5. The summed E-state index contributed by atoms with van der Waals surface area (Å²) >= 11 is 0. The molecule has 0 unspecified atom stereocenters. The number of fused-ring (bicyclic) bond motifs is 1. The van der Waals surface area contributed by atoms with Crippen LogP contribution in [0.2, 0.25) is 0 Å². The lowest BCUT2D eigenvalue weighted by Gasteiger charge is -2.18. The molecule has 4 N–H and O–H groups in total. The van der Waals surface area contributed by atoms with E-state index >= 15 is 0 Å². The van der Waals surface area contributed by atoms with E-state index in [0.717, 1.165) is 5.69 Å². The van der Waals surface area contributed by atoms with Gasteiger partial charge in [0.1, 0.15) is 11.0 Å². The molecular weight excluding hydrogens is 420 g/mol. The topological polar surface area (TPSA) is 134 Å². The van der Waals surface area contributed by atoms with Gasteiger partial charge < -0.3 is 21.1 Å². The molecule has 0 amide bonds. The van der Waals surface area contributed by atoms with Crippen molar-refractivity contribution in [3.63, 3.8) is 0 Å². The largest absolute Gasteiger partial charge is 0.388 e. The molecule has 0 aliphatic heterocycles. The van der Waals surface area contributed by atoms with Gasteiger partial charge >= 0.3 is 0 Å². The van der Waals surface area contributed by atoms with Crippen LogP contribution in [0.1, 0.15) is 32.0 Å². The second-order valence-corrected chi connectivity index (χ2v) is 8.03. The fourth-order valence-electron chi connectivity index (χ4n) is 3.61. The first-order valence-corrected chi connectivity index (χ1v) is 10.5. The minimum Gasteiger partial charge on any atom is -0.388 e. The lowest BCUT2D eigenvalue weighted by molar-refractivity contribution is 0.0738. The van der Waals surface area contributed by atoms with E-state index in [1.807, 2.05) is 25.1 Å². The van der Waals surface area contributed by atoms with Crippen LogP contribution in [0, 0.1) is 5.41 Å². The second-order valence-electron chi connectivity index (χ2n) is 8.03. The summed E-state index contributed by atoms with van der Waals surface area (Å²) in [5.41, 5.74) is 1.78. The summed E-state index contributed by atoms with van der Waals surface area (Å²) in [4.78, 5) is 26.5. The third-order valence-corrected chi connectivity index (χ3v) is 5.29. The van der Waals surface area contributed by atoms with Gasteiger partial charge in [-0.15, -0.1) is 0 Å². The molecule has 0 fully saturated rings. The summed E-state index contributed by atoms with van der Waals surface area (Å²) < 4.78 is 3.18. The number of nitrogens with one attached hydrogen (secondary N) is 3. The smallest absolute Gasteiger partial charge is 0.278 e. The van der Waals surface area contributed by atoms with Crippen LogP contribution in [0.25, 0.3) is 16.9 Å². The van der Waals surface area contributed by atoms with Gasteiger partial charge in [-0.05, 0) is 51.1 Å². The van der Waals surface area contributed by atoms with Crippen LogP contribution in [0.5, 0.6) is 0 Å². The average molecular weight is 447 g/mol. The highest BCUT2D eigenvalue weighted by Gasteiger charge is 2.21. The first-order chi connectivity index (χ1) is 15.8. The maximum atomic E-state index is 13.0. The third-order valence-electron chi connectivity index (χ3n) is 5.29. The molecule has 10 heteroatoms. The molecule has 0 radical (unpaired) electrons. The Balaban J connectivity index is 1.85. The van der Waals surface area contributed by atoms with Crippen molar-refractivity contribution in [3.8, 4) is 5.82 Å². The first-order valence-electron chi connectivity index (χ1n) is 10.5. The number of aliphatic hydroxyl groups is 1. The highest BCUT2D eigenvalue weighted by molar-refractivity contribution is 5.88. The SMILES string of the molecule is CCn1c(=O)c2cnc(Nc3ccc(NC)c(C=N)c3)nc2n1-c1cccc(C(C)(C)O)n1. The zero-order valence-corrected chi connectivity index (χ0v) is 18.9. The van der Waals surface area contributed by atoms with Crippen molar-refractivity contribution in [1.29, 1.82) is 5.41 Å². The summed E-state index contributed by atoms with van der Waals surface area (Å²) in [5, 5.41) is 24.6. The van der Waals surface area contributed by atoms with E-state index in [4.69, 9.17) is 5.41 Å². The van der Waals surface area contributed by atoms with Crippen molar-refractivity contribution < 1.29 is 5.11 Å². The molecule has 0 aliphatic rings. The highest BCUT2D eigenvalue weighted by atomic mass is 16.3. The van der Waals surface area contributed by atoms with Gasteiger partial charge in [0.2, 0.25) is 5.95 Å².